The van der Waals surface area contributed by atoms with Crippen molar-refractivity contribution in [3.05, 3.63) is 52.9 Å². The van der Waals surface area contributed by atoms with E-state index in [0.717, 1.165) is 11.1 Å². The van der Waals surface area contributed by atoms with E-state index in [1.807, 2.05) is 39.0 Å². The number of nitrogens with one attached hydrogen (secondary N) is 1. The second-order valence-corrected chi connectivity index (χ2v) is 6.23. The zero-order chi connectivity index (χ0) is 16.2. The minimum atomic E-state index is -0.537. The van der Waals surface area contributed by atoms with Gasteiger partial charge in [0.15, 0.2) is 0 Å². The lowest BCUT2D eigenvalue weighted by atomic mass is 10.1. The standard InChI is InChI=1S/C16H18ClN3O2/c1-16(2,3)22-15(21)20-14-5-4-12(10-19-14)8-11-6-7-18-13(17)9-11/h4-7,9-10H,8H2,1-3H3,(H,19,20,21). The highest BCUT2D eigenvalue weighted by molar-refractivity contribution is 6.29. The van der Waals surface area contributed by atoms with E-state index >= 15 is 0 Å². The maximum Gasteiger partial charge on any atom is 0.413 e. The maximum atomic E-state index is 11.6. The molecule has 6 heteroatoms. The molecule has 5 nitrogen and oxygen atoms in total. The number of rotatable bonds is 3. The largest absolute Gasteiger partial charge is 0.444 e. The molecule has 0 aliphatic heterocycles. The van der Waals surface area contributed by atoms with E-state index in [2.05, 4.69) is 15.3 Å². The molecule has 2 rings (SSSR count). The highest BCUT2D eigenvalue weighted by atomic mass is 35.5. The van der Waals surface area contributed by atoms with Crippen LogP contribution < -0.4 is 5.32 Å². The third-order valence-electron chi connectivity index (χ3n) is 2.65. The van der Waals surface area contributed by atoms with Gasteiger partial charge in [-0.15, -0.1) is 0 Å². The van der Waals surface area contributed by atoms with Crippen LogP contribution in [-0.2, 0) is 11.2 Å². The smallest absolute Gasteiger partial charge is 0.413 e. The molecule has 1 amide bonds. The molecular formula is C16H18ClN3O2. The molecule has 1 N–H and O–H groups in total. The van der Waals surface area contributed by atoms with Gasteiger partial charge in [0.05, 0.1) is 0 Å². The van der Waals surface area contributed by atoms with Crippen molar-refractivity contribution in [2.45, 2.75) is 32.8 Å². The summed E-state index contributed by atoms with van der Waals surface area (Å²) in [5.74, 6) is 0.450. The van der Waals surface area contributed by atoms with Gasteiger partial charge in [0.1, 0.15) is 16.6 Å². The Hall–Kier alpha value is -2.14. The number of aromatic nitrogens is 2. The van der Waals surface area contributed by atoms with Crippen molar-refractivity contribution in [2.24, 2.45) is 0 Å². The second-order valence-electron chi connectivity index (χ2n) is 5.84. The van der Waals surface area contributed by atoms with Crippen molar-refractivity contribution >= 4 is 23.5 Å². The van der Waals surface area contributed by atoms with Gasteiger partial charge in [-0.25, -0.2) is 14.8 Å². The van der Waals surface area contributed by atoms with Gasteiger partial charge in [-0.05, 0) is 56.5 Å². The molecule has 2 aromatic rings. The predicted molar refractivity (Wildman–Crippen MR) is 86.1 cm³/mol. The Bertz CT molecular complexity index is 651. The normalized spacial score (nSPS) is 11.1. The summed E-state index contributed by atoms with van der Waals surface area (Å²) in [5.41, 5.74) is 1.52. The molecule has 0 aromatic carbocycles. The van der Waals surface area contributed by atoms with E-state index in [4.69, 9.17) is 16.3 Å². The molecule has 0 fully saturated rings. The van der Waals surface area contributed by atoms with Crippen LogP contribution in [0.25, 0.3) is 0 Å². The number of anilines is 1. The molecule has 0 atom stereocenters. The molecule has 0 unspecified atom stereocenters. The lowest BCUT2D eigenvalue weighted by Gasteiger charge is -2.19. The van der Waals surface area contributed by atoms with E-state index in [9.17, 15) is 4.79 Å². The zero-order valence-electron chi connectivity index (χ0n) is 12.8. The van der Waals surface area contributed by atoms with E-state index < -0.39 is 11.7 Å². The van der Waals surface area contributed by atoms with Crippen LogP contribution >= 0.6 is 11.6 Å². The van der Waals surface area contributed by atoms with Crippen LogP contribution in [0.15, 0.2) is 36.7 Å². The Kier molecular flexibility index (Phi) is 4.98. The number of hydrogen-bond acceptors (Lipinski definition) is 4. The van der Waals surface area contributed by atoms with E-state index in [0.29, 0.717) is 17.4 Å². The van der Waals surface area contributed by atoms with Gasteiger partial charge in [0.2, 0.25) is 0 Å². The lowest BCUT2D eigenvalue weighted by Crippen LogP contribution is -2.27. The molecule has 116 valence electrons. The zero-order valence-corrected chi connectivity index (χ0v) is 13.5. The van der Waals surface area contributed by atoms with Crippen molar-refractivity contribution in [3.63, 3.8) is 0 Å². The van der Waals surface area contributed by atoms with Crippen LogP contribution in [0.4, 0.5) is 10.6 Å². The molecule has 0 spiro atoms. The number of carbonyl (C=O) groups is 1. The third-order valence-corrected chi connectivity index (χ3v) is 2.86. The molecule has 0 saturated heterocycles. The van der Waals surface area contributed by atoms with Gasteiger partial charge < -0.3 is 4.74 Å². The van der Waals surface area contributed by atoms with Crippen LogP contribution in [0.1, 0.15) is 31.9 Å². The third kappa shape index (κ3) is 5.33. The van der Waals surface area contributed by atoms with Gasteiger partial charge in [-0.1, -0.05) is 17.7 Å². The minimum Gasteiger partial charge on any atom is -0.444 e. The minimum absolute atomic E-state index is 0.450. The Morgan fingerprint density at radius 3 is 2.59 bits per heavy atom. The summed E-state index contributed by atoms with van der Waals surface area (Å²) in [5, 5.41) is 3.06. The van der Waals surface area contributed by atoms with Gasteiger partial charge in [0, 0.05) is 12.4 Å². The van der Waals surface area contributed by atoms with Crippen molar-refractivity contribution in [1.29, 1.82) is 0 Å². The van der Waals surface area contributed by atoms with Crippen molar-refractivity contribution < 1.29 is 9.53 Å². The summed E-state index contributed by atoms with van der Waals surface area (Å²) < 4.78 is 5.17. The summed E-state index contributed by atoms with van der Waals surface area (Å²) in [7, 11) is 0. The molecule has 0 aliphatic carbocycles. The van der Waals surface area contributed by atoms with Gasteiger partial charge in [-0.3, -0.25) is 5.32 Å². The number of carbonyl (C=O) groups excluding carboxylic acids is 1. The first-order valence-electron chi connectivity index (χ1n) is 6.87. The van der Waals surface area contributed by atoms with E-state index in [1.165, 1.54) is 0 Å². The Morgan fingerprint density at radius 1 is 1.23 bits per heavy atom. The quantitative estimate of drug-likeness (QED) is 0.866. The van der Waals surface area contributed by atoms with Crippen molar-refractivity contribution in [1.82, 2.24) is 9.97 Å². The highest BCUT2D eigenvalue weighted by Crippen LogP contribution is 2.14. The summed E-state index contributed by atoms with van der Waals surface area (Å²) >= 11 is 5.86. The fourth-order valence-corrected chi connectivity index (χ4v) is 2.00. The van der Waals surface area contributed by atoms with Crippen molar-refractivity contribution in [3.8, 4) is 0 Å². The van der Waals surface area contributed by atoms with Gasteiger partial charge in [0.25, 0.3) is 0 Å². The Balaban J connectivity index is 1.97. The first-order valence-corrected chi connectivity index (χ1v) is 7.25. The molecular weight excluding hydrogens is 302 g/mol. The lowest BCUT2D eigenvalue weighted by molar-refractivity contribution is 0.0635. The summed E-state index contributed by atoms with van der Waals surface area (Å²) in [6.45, 7) is 5.43. The Morgan fingerprint density at radius 2 is 2.00 bits per heavy atom. The summed E-state index contributed by atoms with van der Waals surface area (Å²) in [6.07, 6.45) is 3.56. The van der Waals surface area contributed by atoms with E-state index in [1.54, 1.807) is 18.5 Å². The average molecular weight is 320 g/mol. The van der Waals surface area contributed by atoms with E-state index in [-0.39, 0.29) is 0 Å². The van der Waals surface area contributed by atoms with Crippen LogP contribution in [-0.4, -0.2) is 21.7 Å². The van der Waals surface area contributed by atoms with Crippen molar-refractivity contribution in [2.75, 3.05) is 5.32 Å². The Labute approximate surface area is 134 Å². The number of nitrogens with zero attached hydrogens (tertiary/aromatic N) is 2. The molecule has 0 radical (unpaired) electrons. The number of amides is 1. The summed E-state index contributed by atoms with van der Waals surface area (Å²) in [6, 6.07) is 7.35. The predicted octanol–water partition coefficient (Wildman–Crippen LogP) is 4.07. The highest BCUT2D eigenvalue weighted by Gasteiger charge is 2.16. The molecule has 0 saturated carbocycles. The number of ether oxygens (including phenoxy) is 1. The maximum absolute atomic E-state index is 11.6. The average Bonchev–Trinajstić information content (AvgIpc) is 2.39. The summed E-state index contributed by atoms with van der Waals surface area (Å²) in [4.78, 5) is 19.8. The number of pyridine rings is 2. The monoisotopic (exact) mass is 319 g/mol. The topological polar surface area (TPSA) is 64.1 Å². The number of hydrogen-bond donors (Lipinski definition) is 1. The molecule has 2 aromatic heterocycles. The van der Waals surface area contributed by atoms with Crippen LogP contribution in [0, 0.1) is 0 Å². The molecule has 2 heterocycles. The molecule has 22 heavy (non-hydrogen) atoms. The SMILES string of the molecule is CC(C)(C)OC(=O)Nc1ccc(Cc2ccnc(Cl)c2)cn1. The molecule has 0 aliphatic rings. The van der Waals surface area contributed by atoms with Crippen LogP contribution in [0.2, 0.25) is 5.15 Å². The fraction of sp³-hybridized carbons (Fsp3) is 0.312. The molecule has 0 bridgehead atoms. The first-order chi connectivity index (χ1) is 10.3. The fourth-order valence-electron chi connectivity index (χ4n) is 1.80. The van der Waals surface area contributed by atoms with Gasteiger partial charge in [-0.2, -0.15) is 0 Å². The van der Waals surface area contributed by atoms with Crippen LogP contribution in [0.5, 0.6) is 0 Å². The van der Waals surface area contributed by atoms with Gasteiger partial charge >= 0.3 is 6.09 Å². The number of halogens is 1. The van der Waals surface area contributed by atoms with Crippen LogP contribution in [0.3, 0.4) is 0 Å². The first kappa shape index (κ1) is 16.2. The second kappa shape index (κ2) is 6.75.